The molecule has 0 radical (unpaired) electrons. The molecule has 0 bridgehead atoms. The molecule has 0 spiro atoms. The Balaban J connectivity index is 4.30. The molecule has 0 N–H and O–H groups in total. The molecule has 6 nitrogen and oxygen atoms in total. The van der Waals surface area contributed by atoms with E-state index in [1.165, 1.54) is 244 Å². The van der Waals surface area contributed by atoms with Gasteiger partial charge >= 0.3 is 17.9 Å². The number of rotatable bonds is 56. The van der Waals surface area contributed by atoms with Gasteiger partial charge in [-0.3, -0.25) is 14.4 Å². The number of hydrogen-bond acceptors (Lipinski definition) is 6. The van der Waals surface area contributed by atoms with E-state index in [1.54, 1.807) is 0 Å². The highest BCUT2D eigenvalue weighted by atomic mass is 16.6. The van der Waals surface area contributed by atoms with Gasteiger partial charge in [0.2, 0.25) is 0 Å². The first-order valence-electron chi connectivity index (χ1n) is 30.2. The molecule has 1 atom stereocenters. The van der Waals surface area contributed by atoms with Gasteiger partial charge in [-0.15, -0.1) is 0 Å². The highest BCUT2D eigenvalue weighted by molar-refractivity contribution is 5.71. The third kappa shape index (κ3) is 55.0. The van der Waals surface area contributed by atoms with Crippen LogP contribution in [0.15, 0.2) is 12.2 Å². The predicted molar refractivity (Wildman–Crippen MR) is 289 cm³/mol. The molecular formula is C61H116O6. The Bertz CT molecular complexity index is 1040. The van der Waals surface area contributed by atoms with Crippen LogP contribution in [0.5, 0.6) is 0 Å². The van der Waals surface area contributed by atoms with Crippen molar-refractivity contribution in [3.8, 4) is 0 Å². The fourth-order valence-electron chi connectivity index (χ4n) is 9.21. The molecule has 0 rings (SSSR count). The largest absolute Gasteiger partial charge is 0.462 e. The first-order valence-corrected chi connectivity index (χ1v) is 30.2. The third-order valence-electron chi connectivity index (χ3n) is 13.8. The van der Waals surface area contributed by atoms with E-state index in [-0.39, 0.29) is 31.1 Å². The van der Waals surface area contributed by atoms with E-state index < -0.39 is 6.10 Å². The first kappa shape index (κ1) is 65.1. The molecule has 0 aromatic heterocycles. The van der Waals surface area contributed by atoms with Crippen molar-refractivity contribution in [1.82, 2.24) is 0 Å². The average molecular weight is 946 g/mol. The van der Waals surface area contributed by atoms with E-state index in [4.69, 9.17) is 14.2 Å². The lowest BCUT2D eigenvalue weighted by Gasteiger charge is -2.18. The summed E-state index contributed by atoms with van der Waals surface area (Å²) in [5.74, 6) is -0.842. The van der Waals surface area contributed by atoms with Gasteiger partial charge in [0.25, 0.3) is 0 Å². The summed E-state index contributed by atoms with van der Waals surface area (Å²) in [6.45, 7) is 6.69. The fourth-order valence-corrected chi connectivity index (χ4v) is 9.21. The van der Waals surface area contributed by atoms with Crippen LogP contribution in [-0.4, -0.2) is 37.2 Å². The van der Waals surface area contributed by atoms with Crippen LogP contribution in [0.2, 0.25) is 0 Å². The van der Waals surface area contributed by atoms with E-state index in [0.29, 0.717) is 19.3 Å². The van der Waals surface area contributed by atoms with E-state index in [0.717, 1.165) is 57.8 Å². The van der Waals surface area contributed by atoms with Gasteiger partial charge in [-0.25, -0.2) is 0 Å². The van der Waals surface area contributed by atoms with Crippen molar-refractivity contribution in [1.29, 1.82) is 0 Å². The molecule has 0 aromatic carbocycles. The predicted octanol–water partition coefficient (Wildman–Crippen LogP) is 20.1. The van der Waals surface area contributed by atoms with Gasteiger partial charge in [0.15, 0.2) is 6.10 Å². The quantitative estimate of drug-likeness (QED) is 0.0262. The van der Waals surface area contributed by atoms with Gasteiger partial charge in [0, 0.05) is 19.3 Å². The molecule has 0 aromatic rings. The summed E-state index contributed by atoms with van der Waals surface area (Å²) in [6, 6.07) is 0. The van der Waals surface area contributed by atoms with E-state index in [2.05, 4.69) is 32.9 Å². The summed E-state index contributed by atoms with van der Waals surface area (Å²) >= 11 is 0. The molecule has 0 fully saturated rings. The zero-order chi connectivity index (χ0) is 48.6. The van der Waals surface area contributed by atoms with Crippen molar-refractivity contribution in [2.45, 2.75) is 348 Å². The van der Waals surface area contributed by atoms with Gasteiger partial charge < -0.3 is 14.2 Å². The third-order valence-corrected chi connectivity index (χ3v) is 13.8. The molecule has 0 amide bonds. The Kier molecular flexibility index (Phi) is 55.2. The van der Waals surface area contributed by atoms with Crippen molar-refractivity contribution >= 4 is 17.9 Å². The average Bonchev–Trinajstić information content (AvgIpc) is 3.33. The Morgan fingerprint density at radius 1 is 0.284 bits per heavy atom. The van der Waals surface area contributed by atoms with Crippen LogP contribution >= 0.6 is 0 Å². The van der Waals surface area contributed by atoms with Gasteiger partial charge in [0.05, 0.1) is 0 Å². The van der Waals surface area contributed by atoms with Crippen molar-refractivity contribution in [3.05, 3.63) is 12.2 Å². The topological polar surface area (TPSA) is 78.9 Å². The second-order valence-electron chi connectivity index (χ2n) is 20.6. The highest BCUT2D eigenvalue weighted by Gasteiger charge is 2.19. The Morgan fingerprint density at radius 3 is 0.761 bits per heavy atom. The van der Waals surface area contributed by atoms with Crippen molar-refractivity contribution in [2.24, 2.45) is 0 Å². The van der Waals surface area contributed by atoms with Crippen molar-refractivity contribution < 1.29 is 28.6 Å². The highest BCUT2D eigenvalue weighted by Crippen LogP contribution is 2.18. The summed E-state index contributed by atoms with van der Waals surface area (Å²) in [4.78, 5) is 38.2. The van der Waals surface area contributed by atoms with Gasteiger partial charge in [-0.05, 0) is 44.9 Å². The number of esters is 3. The maximum absolute atomic E-state index is 12.9. The molecule has 6 heteroatoms. The lowest BCUT2D eigenvalue weighted by molar-refractivity contribution is -0.167. The maximum atomic E-state index is 12.9. The van der Waals surface area contributed by atoms with Gasteiger partial charge in [-0.1, -0.05) is 290 Å². The molecule has 0 aliphatic rings. The van der Waals surface area contributed by atoms with Crippen LogP contribution in [0.3, 0.4) is 0 Å². The second-order valence-corrected chi connectivity index (χ2v) is 20.6. The lowest BCUT2D eigenvalue weighted by atomic mass is 10.0. The molecule has 0 heterocycles. The fraction of sp³-hybridized carbons (Fsp3) is 0.918. The number of hydrogen-bond donors (Lipinski definition) is 0. The van der Waals surface area contributed by atoms with Gasteiger partial charge in [-0.2, -0.15) is 0 Å². The van der Waals surface area contributed by atoms with Crippen LogP contribution in [0.25, 0.3) is 0 Å². The van der Waals surface area contributed by atoms with Crippen LogP contribution in [0.4, 0.5) is 0 Å². The number of unbranched alkanes of at least 4 members (excludes halogenated alkanes) is 43. The minimum Gasteiger partial charge on any atom is -0.462 e. The summed E-state index contributed by atoms with van der Waals surface area (Å²) in [5, 5.41) is 0. The SMILES string of the molecule is CCCCCC/C=C/CCCCCCCCCC(=O)OC[C@H](COC(=O)CCCCCCCCCCCCCCCCCCCC)OC(=O)CCCCCCCCCCCCCCCCCC. The Hall–Kier alpha value is -1.85. The lowest BCUT2D eigenvalue weighted by Crippen LogP contribution is -2.30. The summed E-state index contributed by atoms with van der Waals surface area (Å²) < 4.78 is 16.9. The molecule has 0 saturated carbocycles. The first-order chi connectivity index (χ1) is 33.0. The number of allylic oxidation sites excluding steroid dienone is 2. The molecule has 396 valence electrons. The van der Waals surface area contributed by atoms with E-state index in [9.17, 15) is 14.4 Å². The monoisotopic (exact) mass is 945 g/mol. The Morgan fingerprint density at radius 2 is 0.493 bits per heavy atom. The van der Waals surface area contributed by atoms with Crippen molar-refractivity contribution in [2.75, 3.05) is 13.2 Å². The molecule has 0 saturated heterocycles. The number of carbonyl (C=O) groups excluding carboxylic acids is 3. The van der Waals surface area contributed by atoms with Gasteiger partial charge in [0.1, 0.15) is 13.2 Å². The second kappa shape index (κ2) is 56.7. The smallest absolute Gasteiger partial charge is 0.306 e. The number of ether oxygens (including phenoxy) is 3. The molecule has 0 aliphatic carbocycles. The van der Waals surface area contributed by atoms with E-state index in [1.807, 2.05) is 0 Å². The normalized spacial score (nSPS) is 12.0. The summed E-state index contributed by atoms with van der Waals surface area (Å²) in [7, 11) is 0. The van der Waals surface area contributed by atoms with Crippen LogP contribution < -0.4 is 0 Å². The minimum absolute atomic E-state index is 0.0649. The standard InChI is InChI=1S/C61H116O6/c1-4-7-10-13-16-19-22-25-28-30-31-34-36-39-42-45-48-51-54-60(63)66-57-58(56-65-59(62)53-50-47-44-41-38-35-32-27-24-21-18-15-12-9-6-3)67-61(64)55-52-49-46-43-40-37-33-29-26-23-20-17-14-11-8-5-2/h21,24,58H,4-20,22-23,25-57H2,1-3H3/b24-21+/t58-/m1/s1. The zero-order valence-corrected chi connectivity index (χ0v) is 45.5. The molecular weight excluding hydrogens is 829 g/mol. The van der Waals surface area contributed by atoms with Crippen LogP contribution in [0.1, 0.15) is 342 Å². The summed E-state index contributed by atoms with van der Waals surface area (Å²) in [5.41, 5.74) is 0. The van der Waals surface area contributed by atoms with Crippen molar-refractivity contribution in [3.63, 3.8) is 0 Å². The van der Waals surface area contributed by atoms with Crippen LogP contribution in [-0.2, 0) is 28.6 Å². The summed E-state index contributed by atoms with van der Waals surface area (Å²) in [6.07, 6.45) is 64.9. The van der Waals surface area contributed by atoms with E-state index >= 15 is 0 Å². The molecule has 67 heavy (non-hydrogen) atoms. The Labute approximate surface area is 418 Å². The maximum Gasteiger partial charge on any atom is 0.306 e. The minimum atomic E-state index is -0.766. The molecule has 0 unspecified atom stereocenters. The van der Waals surface area contributed by atoms with Crippen LogP contribution in [0, 0.1) is 0 Å². The number of carbonyl (C=O) groups is 3. The molecule has 0 aliphatic heterocycles. The zero-order valence-electron chi connectivity index (χ0n) is 45.5.